The van der Waals surface area contributed by atoms with E-state index in [1.807, 2.05) is 19.1 Å². The van der Waals surface area contributed by atoms with Crippen molar-refractivity contribution in [3.05, 3.63) is 24.0 Å². The second kappa shape index (κ2) is 3.55. The summed E-state index contributed by atoms with van der Waals surface area (Å²) < 4.78 is 0. The van der Waals surface area contributed by atoms with E-state index in [9.17, 15) is 5.11 Å². The molecule has 1 aromatic heterocycles. The van der Waals surface area contributed by atoms with Gasteiger partial charge in [-0.3, -0.25) is 0 Å². The van der Waals surface area contributed by atoms with Crippen LogP contribution >= 0.6 is 0 Å². The van der Waals surface area contributed by atoms with Crippen LogP contribution in [0.3, 0.4) is 0 Å². The second-order valence-electron chi connectivity index (χ2n) is 2.78. The number of aromatic nitrogens is 1. The molecule has 0 fully saturated rings. The molecule has 2 atom stereocenters. The number of hydrogen-bond donors (Lipinski definition) is 3. The molecule has 0 aromatic carbocycles. The Kier molecular flexibility index (Phi) is 2.68. The van der Waals surface area contributed by atoms with Crippen molar-refractivity contribution in [3.8, 4) is 0 Å². The molecule has 0 spiro atoms. The summed E-state index contributed by atoms with van der Waals surface area (Å²) in [6, 6.07) is 3.72. The molecule has 0 aliphatic rings. The van der Waals surface area contributed by atoms with E-state index in [1.165, 1.54) is 0 Å². The van der Waals surface area contributed by atoms with Gasteiger partial charge in [0, 0.05) is 11.9 Å². The van der Waals surface area contributed by atoms with Crippen LogP contribution in [0, 0.1) is 5.92 Å². The van der Waals surface area contributed by atoms with Gasteiger partial charge < -0.3 is 15.8 Å². The lowest BCUT2D eigenvalue weighted by Crippen LogP contribution is -2.18. The Balaban J connectivity index is 2.62. The maximum atomic E-state index is 9.57. The van der Waals surface area contributed by atoms with Crippen molar-refractivity contribution in [1.29, 1.82) is 0 Å². The van der Waals surface area contributed by atoms with Gasteiger partial charge in [0.1, 0.15) is 0 Å². The molecule has 1 aromatic rings. The first kappa shape index (κ1) is 8.30. The Morgan fingerprint density at radius 3 is 2.91 bits per heavy atom. The molecule has 1 rings (SSSR count). The fourth-order valence-corrected chi connectivity index (χ4v) is 0.964. The zero-order valence-electron chi connectivity index (χ0n) is 6.62. The highest BCUT2D eigenvalue weighted by Crippen LogP contribution is 2.18. The van der Waals surface area contributed by atoms with Gasteiger partial charge in [-0.25, -0.2) is 0 Å². The Hall–Kier alpha value is -0.800. The quantitative estimate of drug-likeness (QED) is 0.598. The minimum Gasteiger partial charge on any atom is -0.387 e. The number of H-pyrrole nitrogens is 1. The Morgan fingerprint density at radius 1 is 1.73 bits per heavy atom. The summed E-state index contributed by atoms with van der Waals surface area (Å²) in [7, 11) is 0. The van der Waals surface area contributed by atoms with E-state index in [-0.39, 0.29) is 5.92 Å². The lowest BCUT2D eigenvalue weighted by molar-refractivity contribution is 0.118. The van der Waals surface area contributed by atoms with Crippen LogP contribution in [-0.4, -0.2) is 16.6 Å². The summed E-state index contributed by atoms with van der Waals surface area (Å²) in [6.45, 7) is 2.42. The monoisotopic (exact) mass is 154 g/mol. The normalized spacial score (nSPS) is 16.3. The van der Waals surface area contributed by atoms with E-state index in [4.69, 9.17) is 5.73 Å². The van der Waals surface area contributed by atoms with Crippen LogP contribution in [0.5, 0.6) is 0 Å². The molecule has 0 aliphatic heterocycles. The van der Waals surface area contributed by atoms with Gasteiger partial charge in [0.15, 0.2) is 0 Å². The topological polar surface area (TPSA) is 62.0 Å². The third-order valence-corrected chi connectivity index (χ3v) is 1.85. The molecule has 0 radical (unpaired) electrons. The van der Waals surface area contributed by atoms with Gasteiger partial charge in [0.25, 0.3) is 0 Å². The third kappa shape index (κ3) is 1.82. The summed E-state index contributed by atoms with van der Waals surface area (Å²) >= 11 is 0. The number of nitrogens with one attached hydrogen (secondary N) is 1. The van der Waals surface area contributed by atoms with Crippen molar-refractivity contribution < 1.29 is 5.11 Å². The van der Waals surface area contributed by atoms with Crippen LogP contribution in [0.4, 0.5) is 0 Å². The molecule has 62 valence electrons. The van der Waals surface area contributed by atoms with Gasteiger partial charge in [-0.2, -0.15) is 0 Å². The van der Waals surface area contributed by atoms with Crippen molar-refractivity contribution in [1.82, 2.24) is 4.98 Å². The van der Waals surface area contributed by atoms with Gasteiger partial charge in [-0.15, -0.1) is 0 Å². The first-order valence-electron chi connectivity index (χ1n) is 3.77. The molecule has 4 N–H and O–H groups in total. The summed E-state index contributed by atoms with van der Waals surface area (Å²) in [5, 5.41) is 9.57. The van der Waals surface area contributed by atoms with E-state index >= 15 is 0 Å². The van der Waals surface area contributed by atoms with E-state index in [1.54, 1.807) is 6.20 Å². The zero-order chi connectivity index (χ0) is 8.27. The third-order valence-electron chi connectivity index (χ3n) is 1.85. The van der Waals surface area contributed by atoms with Crippen molar-refractivity contribution in [2.75, 3.05) is 6.54 Å². The highest BCUT2D eigenvalue weighted by Gasteiger charge is 2.14. The van der Waals surface area contributed by atoms with Gasteiger partial charge in [-0.05, 0) is 24.6 Å². The molecular formula is C8H14N2O. The van der Waals surface area contributed by atoms with E-state index < -0.39 is 6.10 Å². The number of nitrogens with two attached hydrogens (primary N) is 1. The first-order chi connectivity index (χ1) is 5.25. The predicted molar refractivity (Wildman–Crippen MR) is 44.0 cm³/mol. The molecule has 3 nitrogen and oxygen atoms in total. The zero-order valence-corrected chi connectivity index (χ0v) is 6.62. The molecular weight excluding hydrogens is 140 g/mol. The number of aromatic amines is 1. The van der Waals surface area contributed by atoms with Crippen LogP contribution in [-0.2, 0) is 0 Å². The lowest BCUT2D eigenvalue weighted by Gasteiger charge is -2.14. The van der Waals surface area contributed by atoms with Crippen LogP contribution in [0.2, 0.25) is 0 Å². The van der Waals surface area contributed by atoms with Crippen molar-refractivity contribution in [3.63, 3.8) is 0 Å². The first-order valence-corrected chi connectivity index (χ1v) is 3.77. The average molecular weight is 154 g/mol. The Labute approximate surface area is 66.2 Å². The van der Waals surface area contributed by atoms with Crippen molar-refractivity contribution in [2.45, 2.75) is 13.0 Å². The maximum Gasteiger partial charge on any atom is 0.0975 e. The standard InChI is InChI=1S/C8H14N2O/c1-6(5-9)8(11)7-3-2-4-10-7/h2-4,6,8,10-11H,5,9H2,1H3. The fraction of sp³-hybridized carbons (Fsp3) is 0.500. The van der Waals surface area contributed by atoms with Gasteiger partial charge in [0.05, 0.1) is 6.10 Å². The molecule has 11 heavy (non-hydrogen) atoms. The molecule has 0 amide bonds. The Bertz CT molecular complexity index is 196. The Morgan fingerprint density at radius 2 is 2.45 bits per heavy atom. The summed E-state index contributed by atoms with van der Waals surface area (Å²) in [5.74, 6) is 0.105. The van der Waals surface area contributed by atoms with Gasteiger partial charge in [-0.1, -0.05) is 6.92 Å². The van der Waals surface area contributed by atoms with Crippen LogP contribution in [0.25, 0.3) is 0 Å². The number of hydrogen-bond acceptors (Lipinski definition) is 2. The number of aliphatic hydroxyl groups excluding tert-OH is 1. The molecule has 1 heterocycles. The number of rotatable bonds is 3. The molecule has 0 saturated heterocycles. The van der Waals surface area contributed by atoms with Gasteiger partial charge in [0.2, 0.25) is 0 Å². The van der Waals surface area contributed by atoms with Crippen LogP contribution < -0.4 is 5.73 Å². The highest BCUT2D eigenvalue weighted by atomic mass is 16.3. The van der Waals surface area contributed by atoms with Crippen molar-refractivity contribution >= 4 is 0 Å². The molecule has 2 unspecified atom stereocenters. The second-order valence-corrected chi connectivity index (χ2v) is 2.78. The molecule has 0 bridgehead atoms. The smallest absolute Gasteiger partial charge is 0.0975 e. The van der Waals surface area contributed by atoms with Crippen LogP contribution in [0.1, 0.15) is 18.7 Å². The van der Waals surface area contributed by atoms with E-state index in [2.05, 4.69) is 4.98 Å². The van der Waals surface area contributed by atoms with Gasteiger partial charge >= 0.3 is 0 Å². The largest absolute Gasteiger partial charge is 0.387 e. The lowest BCUT2D eigenvalue weighted by atomic mass is 10.0. The predicted octanol–water partition coefficient (Wildman–Crippen LogP) is 0.643. The average Bonchev–Trinajstić information content (AvgIpc) is 2.53. The highest BCUT2D eigenvalue weighted by molar-refractivity contribution is 5.07. The minimum atomic E-state index is -0.463. The fourth-order valence-electron chi connectivity index (χ4n) is 0.964. The minimum absolute atomic E-state index is 0.105. The molecule has 0 aliphatic carbocycles. The number of aliphatic hydroxyl groups is 1. The van der Waals surface area contributed by atoms with Crippen molar-refractivity contribution in [2.24, 2.45) is 11.7 Å². The van der Waals surface area contributed by atoms with E-state index in [0.717, 1.165) is 5.69 Å². The molecule has 0 saturated carbocycles. The summed E-state index contributed by atoms with van der Waals surface area (Å²) in [5.41, 5.74) is 6.24. The van der Waals surface area contributed by atoms with Crippen LogP contribution in [0.15, 0.2) is 18.3 Å². The maximum absolute atomic E-state index is 9.57. The van der Waals surface area contributed by atoms with E-state index in [0.29, 0.717) is 6.54 Å². The summed E-state index contributed by atoms with van der Waals surface area (Å²) in [4.78, 5) is 2.95. The molecule has 3 heteroatoms. The summed E-state index contributed by atoms with van der Waals surface area (Å²) in [6.07, 6.45) is 1.33. The SMILES string of the molecule is CC(CN)C(O)c1ccc[nH]1.